The third-order valence-electron chi connectivity index (χ3n) is 6.35. The molecule has 28 heavy (non-hydrogen) atoms. The van der Waals surface area contributed by atoms with Gasteiger partial charge in [-0.15, -0.1) is 0 Å². The van der Waals surface area contributed by atoms with Crippen molar-refractivity contribution in [1.29, 1.82) is 0 Å². The van der Waals surface area contributed by atoms with Gasteiger partial charge in [0.15, 0.2) is 0 Å². The standard InChI is InChI=1S/C22H33N3O3/c1-17-5-6-18(15-19(17)26)21(28)24-13-9-22(10-14-24)8-7-20(27)25(16-22)12-4-11-23(2)3/h5-6,15,26H,4,7-14,16H2,1-3H3. The molecule has 0 aromatic heterocycles. The van der Waals surface area contributed by atoms with Gasteiger partial charge in [0.2, 0.25) is 5.91 Å². The maximum Gasteiger partial charge on any atom is 0.253 e. The second-order valence-corrected chi connectivity index (χ2v) is 8.77. The fraction of sp³-hybridized carbons (Fsp3) is 0.636. The summed E-state index contributed by atoms with van der Waals surface area (Å²) in [6.45, 7) is 5.89. The molecule has 0 atom stereocenters. The number of carbonyl (C=O) groups is 2. The number of likely N-dealkylation sites (tertiary alicyclic amines) is 2. The molecule has 1 N–H and O–H groups in total. The van der Waals surface area contributed by atoms with Gasteiger partial charge >= 0.3 is 0 Å². The minimum Gasteiger partial charge on any atom is -0.508 e. The van der Waals surface area contributed by atoms with Crippen LogP contribution < -0.4 is 0 Å². The topological polar surface area (TPSA) is 64.1 Å². The third-order valence-corrected chi connectivity index (χ3v) is 6.35. The van der Waals surface area contributed by atoms with Crippen molar-refractivity contribution in [3.63, 3.8) is 0 Å². The minimum absolute atomic E-state index is 0.0140. The Hall–Kier alpha value is -2.08. The van der Waals surface area contributed by atoms with Gasteiger partial charge in [-0.05, 0) is 76.4 Å². The van der Waals surface area contributed by atoms with Gasteiger partial charge in [0.05, 0.1) is 0 Å². The highest BCUT2D eigenvalue weighted by Gasteiger charge is 2.41. The summed E-state index contributed by atoms with van der Waals surface area (Å²) >= 11 is 0. The fourth-order valence-electron chi connectivity index (χ4n) is 4.40. The van der Waals surface area contributed by atoms with Crippen LogP contribution in [0, 0.1) is 12.3 Å². The highest BCUT2D eigenvalue weighted by molar-refractivity contribution is 5.94. The van der Waals surface area contributed by atoms with Crippen LogP contribution in [-0.2, 0) is 4.79 Å². The van der Waals surface area contributed by atoms with Crippen molar-refractivity contribution in [2.24, 2.45) is 5.41 Å². The van der Waals surface area contributed by atoms with Crippen LogP contribution in [0.1, 0.15) is 48.0 Å². The number of carbonyl (C=O) groups excluding carboxylic acids is 2. The summed E-state index contributed by atoms with van der Waals surface area (Å²) in [7, 11) is 4.11. The molecule has 2 aliphatic heterocycles. The lowest BCUT2D eigenvalue weighted by Gasteiger charge is -2.47. The molecular weight excluding hydrogens is 354 g/mol. The molecule has 0 aliphatic carbocycles. The predicted molar refractivity (Wildman–Crippen MR) is 109 cm³/mol. The molecule has 3 rings (SSSR count). The van der Waals surface area contributed by atoms with E-state index in [9.17, 15) is 14.7 Å². The third kappa shape index (κ3) is 4.66. The first kappa shape index (κ1) is 20.6. The lowest BCUT2D eigenvalue weighted by atomic mass is 9.72. The van der Waals surface area contributed by atoms with E-state index in [0.717, 1.165) is 50.9 Å². The molecular formula is C22H33N3O3. The van der Waals surface area contributed by atoms with Crippen LogP contribution in [0.3, 0.4) is 0 Å². The number of hydrogen-bond donors (Lipinski definition) is 1. The highest BCUT2D eigenvalue weighted by Crippen LogP contribution is 2.40. The Morgan fingerprint density at radius 1 is 1.21 bits per heavy atom. The summed E-state index contributed by atoms with van der Waals surface area (Å²) in [4.78, 5) is 31.2. The summed E-state index contributed by atoms with van der Waals surface area (Å²) in [6.07, 6.45) is 4.43. The van der Waals surface area contributed by atoms with Crippen LogP contribution in [0.25, 0.3) is 0 Å². The van der Waals surface area contributed by atoms with E-state index in [0.29, 0.717) is 25.1 Å². The molecule has 2 aliphatic rings. The summed E-state index contributed by atoms with van der Waals surface area (Å²) in [5.74, 6) is 0.427. The van der Waals surface area contributed by atoms with E-state index in [4.69, 9.17) is 0 Å². The molecule has 6 heteroatoms. The van der Waals surface area contributed by atoms with Gasteiger partial charge in [0.1, 0.15) is 5.75 Å². The van der Waals surface area contributed by atoms with Gasteiger partial charge in [-0.3, -0.25) is 9.59 Å². The number of amides is 2. The molecule has 2 amide bonds. The maximum absolute atomic E-state index is 12.8. The van der Waals surface area contributed by atoms with Crippen molar-refractivity contribution >= 4 is 11.8 Å². The SMILES string of the molecule is Cc1ccc(C(=O)N2CCC3(CCC(=O)N(CCCN(C)C)C3)CC2)cc1O. The van der Waals surface area contributed by atoms with Crippen LogP contribution in [0.2, 0.25) is 0 Å². The number of rotatable bonds is 5. The molecule has 2 saturated heterocycles. The maximum atomic E-state index is 12.8. The average molecular weight is 388 g/mol. The molecule has 2 fully saturated rings. The highest BCUT2D eigenvalue weighted by atomic mass is 16.3. The van der Waals surface area contributed by atoms with E-state index in [1.807, 2.05) is 16.7 Å². The van der Waals surface area contributed by atoms with Gasteiger partial charge in [-0.25, -0.2) is 0 Å². The van der Waals surface area contributed by atoms with E-state index < -0.39 is 0 Å². The zero-order valence-corrected chi connectivity index (χ0v) is 17.4. The molecule has 2 heterocycles. The van der Waals surface area contributed by atoms with Gasteiger partial charge in [0.25, 0.3) is 5.91 Å². The minimum atomic E-state index is -0.0140. The first-order chi connectivity index (χ1) is 13.3. The van der Waals surface area contributed by atoms with Crippen molar-refractivity contribution in [2.45, 2.75) is 39.0 Å². The summed E-state index contributed by atoms with van der Waals surface area (Å²) in [5, 5.41) is 9.89. The fourth-order valence-corrected chi connectivity index (χ4v) is 4.40. The van der Waals surface area contributed by atoms with Crippen LogP contribution in [-0.4, -0.2) is 78.4 Å². The Balaban J connectivity index is 1.58. The number of piperidine rings is 2. The first-order valence-corrected chi connectivity index (χ1v) is 10.3. The van der Waals surface area contributed by atoms with Gasteiger partial charge < -0.3 is 19.8 Å². The zero-order chi connectivity index (χ0) is 20.3. The second-order valence-electron chi connectivity index (χ2n) is 8.77. The van der Waals surface area contributed by atoms with Crippen molar-refractivity contribution in [3.8, 4) is 5.75 Å². The molecule has 1 spiro atoms. The normalized spacial score (nSPS) is 19.5. The van der Waals surface area contributed by atoms with E-state index in [-0.39, 0.29) is 23.0 Å². The smallest absolute Gasteiger partial charge is 0.253 e. The summed E-state index contributed by atoms with van der Waals surface area (Å²) in [6, 6.07) is 5.13. The van der Waals surface area contributed by atoms with Crippen LogP contribution in [0.4, 0.5) is 0 Å². The lowest BCUT2D eigenvalue weighted by Crippen LogP contribution is -2.52. The van der Waals surface area contributed by atoms with Crippen LogP contribution in [0.15, 0.2) is 18.2 Å². The van der Waals surface area contributed by atoms with Gasteiger partial charge in [-0.1, -0.05) is 6.07 Å². The summed E-state index contributed by atoms with van der Waals surface area (Å²) < 4.78 is 0. The second kappa shape index (κ2) is 8.52. The number of aromatic hydroxyl groups is 1. The number of phenolic OH excluding ortho intramolecular Hbond substituents is 1. The summed E-state index contributed by atoms with van der Waals surface area (Å²) in [5.41, 5.74) is 1.47. The number of benzene rings is 1. The molecule has 0 radical (unpaired) electrons. The van der Waals surface area contributed by atoms with Gasteiger partial charge in [0, 0.05) is 38.2 Å². The van der Waals surface area contributed by atoms with Crippen LogP contribution in [0.5, 0.6) is 5.75 Å². The van der Waals surface area contributed by atoms with Crippen molar-refractivity contribution in [2.75, 3.05) is 46.8 Å². The monoisotopic (exact) mass is 387 g/mol. The quantitative estimate of drug-likeness (QED) is 0.843. The Labute approximate surface area is 168 Å². The molecule has 0 saturated carbocycles. The molecule has 0 unspecified atom stereocenters. The van der Waals surface area contributed by atoms with E-state index in [1.165, 1.54) is 0 Å². The Morgan fingerprint density at radius 3 is 2.57 bits per heavy atom. The Kier molecular flexibility index (Phi) is 6.28. The number of phenols is 1. The largest absolute Gasteiger partial charge is 0.508 e. The van der Waals surface area contributed by atoms with Crippen molar-refractivity contribution in [1.82, 2.24) is 14.7 Å². The van der Waals surface area contributed by atoms with E-state index >= 15 is 0 Å². The molecule has 1 aromatic rings. The van der Waals surface area contributed by atoms with E-state index in [2.05, 4.69) is 19.0 Å². The Morgan fingerprint density at radius 2 is 1.93 bits per heavy atom. The zero-order valence-electron chi connectivity index (χ0n) is 17.4. The number of hydrogen-bond acceptors (Lipinski definition) is 4. The molecule has 6 nitrogen and oxygen atoms in total. The number of aryl methyl sites for hydroxylation is 1. The Bertz CT molecular complexity index is 724. The first-order valence-electron chi connectivity index (χ1n) is 10.3. The van der Waals surface area contributed by atoms with Crippen molar-refractivity contribution < 1.29 is 14.7 Å². The number of nitrogens with zero attached hydrogens (tertiary/aromatic N) is 3. The predicted octanol–water partition coefficient (Wildman–Crippen LogP) is 2.50. The molecule has 0 bridgehead atoms. The van der Waals surface area contributed by atoms with Crippen LogP contribution >= 0.6 is 0 Å². The van der Waals surface area contributed by atoms with Gasteiger partial charge in [-0.2, -0.15) is 0 Å². The average Bonchev–Trinajstić information content (AvgIpc) is 2.67. The molecule has 154 valence electrons. The molecule has 1 aromatic carbocycles. The van der Waals surface area contributed by atoms with Crippen molar-refractivity contribution in [3.05, 3.63) is 29.3 Å². The van der Waals surface area contributed by atoms with E-state index in [1.54, 1.807) is 18.2 Å². The lowest BCUT2D eigenvalue weighted by molar-refractivity contribution is -0.139.